The molecule has 0 aliphatic heterocycles. The molecule has 0 spiro atoms. The predicted molar refractivity (Wildman–Crippen MR) is 226 cm³/mol. The van der Waals surface area contributed by atoms with Crippen molar-refractivity contribution in [3.8, 4) is 0 Å². The van der Waals surface area contributed by atoms with Crippen molar-refractivity contribution in [2.75, 3.05) is 54.1 Å². The SMILES string of the molecule is CC/C=C\C/C=C\C/C=C\C/C=C\C/C=C\C/C=C\C/C=C\CCCCOCC(COP(=O)([O-])OCC[N+](C)(C)C)OC(=O)CCCCCCCCCC. The molecule has 0 saturated carbocycles. The lowest BCUT2D eigenvalue weighted by Gasteiger charge is -2.28. The van der Waals surface area contributed by atoms with Crippen molar-refractivity contribution in [1.29, 1.82) is 0 Å². The number of ether oxygens (including phenoxy) is 2. The average Bonchev–Trinajstić information content (AvgIpc) is 3.12. The van der Waals surface area contributed by atoms with E-state index >= 15 is 0 Å². The van der Waals surface area contributed by atoms with Crippen LogP contribution in [0.5, 0.6) is 0 Å². The number of allylic oxidation sites excluding steroid dienone is 14. The van der Waals surface area contributed by atoms with E-state index in [9.17, 15) is 14.3 Å². The minimum absolute atomic E-state index is 0.0134. The Bertz CT molecular complexity index is 1130. The second-order valence-corrected chi connectivity index (χ2v) is 16.0. The van der Waals surface area contributed by atoms with Crippen LogP contribution in [-0.4, -0.2) is 70.7 Å². The molecule has 0 rings (SSSR count). The fourth-order valence-electron chi connectivity index (χ4n) is 4.99. The Morgan fingerprint density at radius 1 is 0.593 bits per heavy atom. The maximum absolute atomic E-state index is 12.5. The first-order chi connectivity index (χ1) is 26.1. The first kappa shape index (κ1) is 51.7. The molecule has 0 amide bonds. The first-order valence-electron chi connectivity index (χ1n) is 20.8. The van der Waals surface area contributed by atoms with E-state index in [1.165, 1.54) is 32.1 Å². The van der Waals surface area contributed by atoms with Gasteiger partial charge in [0.05, 0.1) is 34.4 Å². The molecule has 2 unspecified atom stereocenters. The minimum atomic E-state index is -4.53. The smallest absolute Gasteiger partial charge is 0.306 e. The maximum Gasteiger partial charge on any atom is 0.306 e. The summed E-state index contributed by atoms with van der Waals surface area (Å²) in [7, 11) is 1.31. The molecule has 54 heavy (non-hydrogen) atoms. The lowest BCUT2D eigenvalue weighted by molar-refractivity contribution is -0.870. The molecule has 0 aromatic rings. The number of nitrogens with zero attached hydrogens (tertiary/aromatic N) is 1. The quantitative estimate of drug-likeness (QED) is 0.0204. The highest BCUT2D eigenvalue weighted by molar-refractivity contribution is 7.45. The number of unbranched alkanes of at least 4 members (excludes halogenated alkanes) is 9. The van der Waals surface area contributed by atoms with Gasteiger partial charge in [-0.15, -0.1) is 0 Å². The second kappa shape index (κ2) is 37.6. The molecular formula is C45H78NO7P. The van der Waals surface area contributed by atoms with E-state index < -0.39 is 13.9 Å². The predicted octanol–water partition coefficient (Wildman–Crippen LogP) is 11.5. The summed E-state index contributed by atoms with van der Waals surface area (Å²) < 4.78 is 34.3. The van der Waals surface area contributed by atoms with E-state index in [2.05, 4.69) is 98.9 Å². The summed E-state index contributed by atoms with van der Waals surface area (Å²) in [6.07, 6.45) is 49.0. The highest BCUT2D eigenvalue weighted by Crippen LogP contribution is 2.38. The van der Waals surface area contributed by atoms with E-state index in [1.807, 2.05) is 21.1 Å². The van der Waals surface area contributed by atoms with Crippen molar-refractivity contribution in [1.82, 2.24) is 0 Å². The van der Waals surface area contributed by atoms with E-state index in [0.717, 1.165) is 83.5 Å². The van der Waals surface area contributed by atoms with Crippen LogP contribution in [0.1, 0.15) is 136 Å². The van der Waals surface area contributed by atoms with Crippen LogP contribution >= 0.6 is 7.82 Å². The van der Waals surface area contributed by atoms with Gasteiger partial charge in [-0.25, -0.2) is 0 Å². The molecule has 0 bridgehead atoms. The summed E-state index contributed by atoms with van der Waals surface area (Å²) in [6, 6.07) is 0. The van der Waals surface area contributed by atoms with Crippen LogP contribution in [0.3, 0.4) is 0 Å². The van der Waals surface area contributed by atoms with Gasteiger partial charge >= 0.3 is 5.97 Å². The molecule has 0 aromatic carbocycles. The summed E-state index contributed by atoms with van der Waals surface area (Å²) in [5, 5.41) is 0. The van der Waals surface area contributed by atoms with Crippen molar-refractivity contribution >= 4 is 13.8 Å². The van der Waals surface area contributed by atoms with Crippen molar-refractivity contribution in [2.24, 2.45) is 0 Å². The molecular weight excluding hydrogens is 697 g/mol. The second-order valence-electron chi connectivity index (χ2n) is 14.6. The summed E-state index contributed by atoms with van der Waals surface area (Å²) in [4.78, 5) is 24.9. The normalized spacial score (nSPS) is 14.7. The number of phosphoric ester groups is 1. The van der Waals surface area contributed by atoms with Gasteiger partial charge in [0.1, 0.15) is 19.3 Å². The molecule has 0 saturated heterocycles. The Balaban J connectivity index is 4.26. The van der Waals surface area contributed by atoms with Crippen molar-refractivity contribution in [2.45, 2.75) is 142 Å². The number of esters is 1. The number of carbonyl (C=O) groups excluding carboxylic acids is 1. The van der Waals surface area contributed by atoms with Gasteiger partial charge < -0.3 is 27.9 Å². The highest BCUT2D eigenvalue weighted by Gasteiger charge is 2.20. The lowest BCUT2D eigenvalue weighted by Crippen LogP contribution is -2.37. The molecule has 8 nitrogen and oxygen atoms in total. The molecule has 2 atom stereocenters. The van der Waals surface area contributed by atoms with Gasteiger partial charge in [-0.05, 0) is 70.6 Å². The van der Waals surface area contributed by atoms with Gasteiger partial charge in [0.25, 0.3) is 7.82 Å². The monoisotopic (exact) mass is 776 g/mol. The lowest BCUT2D eigenvalue weighted by atomic mass is 10.1. The Morgan fingerprint density at radius 3 is 1.57 bits per heavy atom. The van der Waals surface area contributed by atoms with Crippen LogP contribution in [0.2, 0.25) is 0 Å². The van der Waals surface area contributed by atoms with E-state index in [-0.39, 0.29) is 25.8 Å². The third-order valence-corrected chi connectivity index (χ3v) is 9.18. The molecule has 9 heteroatoms. The zero-order chi connectivity index (χ0) is 39.9. The van der Waals surface area contributed by atoms with E-state index in [0.29, 0.717) is 24.1 Å². The van der Waals surface area contributed by atoms with Gasteiger partial charge in [-0.3, -0.25) is 9.36 Å². The van der Waals surface area contributed by atoms with Crippen LogP contribution in [-0.2, 0) is 27.9 Å². The van der Waals surface area contributed by atoms with Gasteiger partial charge in [0, 0.05) is 13.0 Å². The summed E-state index contributed by atoms with van der Waals surface area (Å²) in [6.45, 7) is 5.11. The molecule has 0 fully saturated rings. The Kier molecular flexibility index (Phi) is 36.0. The number of rotatable bonds is 37. The number of quaternary nitrogens is 1. The Morgan fingerprint density at radius 2 is 1.07 bits per heavy atom. The molecule has 310 valence electrons. The minimum Gasteiger partial charge on any atom is -0.756 e. The maximum atomic E-state index is 12.5. The molecule has 0 aromatic heterocycles. The fraction of sp³-hybridized carbons (Fsp3) is 0.667. The van der Waals surface area contributed by atoms with Crippen LogP contribution < -0.4 is 4.89 Å². The van der Waals surface area contributed by atoms with Crippen LogP contribution in [0.15, 0.2) is 85.1 Å². The third-order valence-electron chi connectivity index (χ3n) is 8.21. The van der Waals surface area contributed by atoms with Gasteiger partial charge in [-0.2, -0.15) is 0 Å². The fourth-order valence-corrected chi connectivity index (χ4v) is 5.72. The van der Waals surface area contributed by atoms with Crippen molar-refractivity contribution < 1.29 is 37.3 Å². The number of hydrogen-bond acceptors (Lipinski definition) is 7. The molecule has 0 aliphatic rings. The number of hydrogen-bond donors (Lipinski definition) is 0. The molecule has 0 heterocycles. The van der Waals surface area contributed by atoms with Gasteiger partial charge in [0.2, 0.25) is 0 Å². The number of likely N-dealkylation sites (N-methyl/N-ethyl adjacent to an activating group) is 1. The summed E-state index contributed by atoms with van der Waals surface area (Å²) in [5.41, 5.74) is 0. The van der Waals surface area contributed by atoms with Crippen molar-refractivity contribution in [3.63, 3.8) is 0 Å². The first-order valence-corrected chi connectivity index (χ1v) is 22.3. The van der Waals surface area contributed by atoms with Crippen LogP contribution in [0, 0.1) is 0 Å². The average molecular weight is 776 g/mol. The van der Waals surface area contributed by atoms with Crippen LogP contribution in [0.4, 0.5) is 0 Å². The Labute approximate surface area is 331 Å². The summed E-state index contributed by atoms with van der Waals surface area (Å²) in [5.74, 6) is -0.359. The topological polar surface area (TPSA) is 94.1 Å². The third kappa shape index (κ3) is 40.9. The Hall–Kier alpha value is -2.32. The summed E-state index contributed by atoms with van der Waals surface area (Å²) >= 11 is 0. The zero-order valence-corrected chi connectivity index (χ0v) is 35.8. The van der Waals surface area contributed by atoms with Gasteiger partial charge in [0.15, 0.2) is 0 Å². The molecule has 0 N–H and O–H groups in total. The standard InChI is InChI=1S/C45H78NO7P/c1-6-8-10-12-14-16-17-18-19-20-21-22-23-24-25-26-27-28-29-30-31-33-35-37-40-50-42-44(43-52-54(48,49)51-41-39-46(3,4)5)53-45(47)38-36-34-32-15-13-11-9-7-2/h8,10,14,16,18-19,21-22,24-25,27-28,30-31,44H,6-7,9,11-13,15,17,20,23,26,29,32-43H2,1-5H3/b10-8-,16-14-,19-18-,22-21-,25-24-,28-27-,31-30-. The number of phosphoric acid groups is 1. The number of carbonyl (C=O) groups is 1. The zero-order valence-electron chi connectivity index (χ0n) is 34.9. The van der Waals surface area contributed by atoms with E-state index in [1.54, 1.807) is 0 Å². The van der Waals surface area contributed by atoms with Crippen molar-refractivity contribution in [3.05, 3.63) is 85.1 Å². The highest BCUT2D eigenvalue weighted by atomic mass is 31.2. The van der Waals surface area contributed by atoms with Crippen LogP contribution in [0.25, 0.3) is 0 Å². The molecule has 0 aliphatic carbocycles. The van der Waals surface area contributed by atoms with Gasteiger partial charge in [-0.1, -0.05) is 144 Å². The van der Waals surface area contributed by atoms with E-state index in [4.69, 9.17) is 18.5 Å². The largest absolute Gasteiger partial charge is 0.756 e. The molecule has 0 radical (unpaired) electrons.